The molecule has 0 bridgehead atoms. The molecule has 0 spiro atoms. The van der Waals surface area contributed by atoms with E-state index in [1.165, 1.54) is 6.07 Å². The summed E-state index contributed by atoms with van der Waals surface area (Å²) < 4.78 is 46.2. The van der Waals surface area contributed by atoms with Crippen molar-refractivity contribution in [3.8, 4) is 11.8 Å². The fourth-order valence-corrected chi connectivity index (χ4v) is 5.85. The van der Waals surface area contributed by atoms with Gasteiger partial charge in [-0.25, -0.2) is 0 Å². The van der Waals surface area contributed by atoms with Crippen molar-refractivity contribution >= 4 is 11.6 Å². The van der Waals surface area contributed by atoms with Gasteiger partial charge in [0.25, 0.3) is 5.91 Å². The number of nitrogens with two attached hydrogens (primary N) is 1. The molecule has 2 N–H and O–H groups in total. The molecule has 1 aliphatic carbocycles. The Morgan fingerprint density at radius 3 is 2.38 bits per heavy atom. The van der Waals surface area contributed by atoms with Crippen LogP contribution in [0.3, 0.4) is 0 Å². The lowest BCUT2D eigenvalue weighted by molar-refractivity contribution is -0.199. The van der Waals surface area contributed by atoms with E-state index in [-0.39, 0.29) is 17.7 Å². The summed E-state index contributed by atoms with van der Waals surface area (Å²) in [5, 5.41) is 9.01. The van der Waals surface area contributed by atoms with Crippen molar-refractivity contribution in [2.24, 2.45) is 10.8 Å². The van der Waals surface area contributed by atoms with E-state index in [2.05, 4.69) is 0 Å². The Morgan fingerprint density at radius 1 is 1.12 bits per heavy atom. The molecule has 2 aromatic rings. The molecule has 5 nitrogen and oxygen atoms in total. The average Bonchev–Trinajstić information content (AvgIpc) is 2.99. The number of ether oxygens (including phenoxy) is 1. The Kier molecular flexibility index (Phi) is 4.74. The Bertz CT molecular complexity index is 1130. The molecule has 0 aromatic heterocycles. The highest BCUT2D eigenvalue weighted by Crippen LogP contribution is 2.59. The third kappa shape index (κ3) is 3.19. The first-order chi connectivity index (χ1) is 14.8. The Morgan fingerprint density at radius 2 is 1.78 bits per heavy atom. The first kappa shape index (κ1) is 22.0. The summed E-state index contributed by atoms with van der Waals surface area (Å²) in [6.07, 6.45) is -5.11. The van der Waals surface area contributed by atoms with E-state index in [4.69, 9.17) is 15.7 Å². The van der Waals surface area contributed by atoms with Crippen molar-refractivity contribution in [2.75, 3.05) is 5.73 Å². The second-order valence-electron chi connectivity index (χ2n) is 9.71. The molecule has 1 fully saturated rings. The van der Waals surface area contributed by atoms with E-state index in [1.54, 1.807) is 24.3 Å². The molecule has 0 atom stereocenters. The molecule has 1 amide bonds. The van der Waals surface area contributed by atoms with Gasteiger partial charge < -0.3 is 15.4 Å². The number of nitriles is 1. The van der Waals surface area contributed by atoms with Gasteiger partial charge in [-0.15, -0.1) is 0 Å². The minimum Gasteiger partial charge on any atom is -0.489 e. The summed E-state index contributed by atoms with van der Waals surface area (Å²) >= 11 is 0. The molecule has 32 heavy (non-hydrogen) atoms. The van der Waals surface area contributed by atoms with Gasteiger partial charge >= 0.3 is 6.18 Å². The van der Waals surface area contributed by atoms with Crippen LogP contribution in [0.15, 0.2) is 36.4 Å². The molecule has 1 aliphatic heterocycles. The zero-order chi connectivity index (χ0) is 23.6. The van der Waals surface area contributed by atoms with Gasteiger partial charge in [-0.05, 0) is 42.0 Å². The van der Waals surface area contributed by atoms with Gasteiger partial charge in [0.2, 0.25) is 0 Å². The van der Waals surface area contributed by atoms with Gasteiger partial charge in [-0.3, -0.25) is 4.79 Å². The average molecular weight is 443 g/mol. The van der Waals surface area contributed by atoms with E-state index < -0.39 is 34.2 Å². The highest BCUT2D eigenvalue weighted by atomic mass is 19.4. The lowest BCUT2D eigenvalue weighted by atomic mass is 9.49. The van der Waals surface area contributed by atoms with Crippen molar-refractivity contribution in [2.45, 2.75) is 52.6 Å². The summed E-state index contributed by atoms with van der Waals surface area (Å²) in [6.45, 7) is 8.23. The van der Waals surface area contributed by atoms with Crippen LogP contribution in [0, 0.1) is 22.2 Å². The lowest BCUT2D eigenvalue weighted by Crippen LogP contribution is -2.74. The second-order valence-corrected chi connectivity index (χ2v) is 9.71. The standard InChI is InChI=1S/C24H24F3N3O2/c1-22(2)20(30-12-14-9-15(29)6-8-17(14)19(30)31)23(3,4)21(22)32-16-7-5-13(11-28)18(10-16)24(25,26)27/h5-10,20-21H,12,29H2,1-4H3. The van der Waals surface area contributed by atoms with Crippen LogP contribution in [0.25, 0.3) is 0 Å². The highest BCUT2D eigenvalue weighted by molar-refractivity contribution is 5.99. The maximum Gasteiger partial charge on any atom is 0.417 e. The number of nitrogens with zero attached hydrogens (tertiary/aromatic N) is 2. The van der Waals surface area contributed by atoms with E-state index >= 15 is 0 Å². The fraction of sp³-hybridized carbons (Fsp3) is 0.417. The fourth-order valence-electron chi connectivity index (χ4n) is 5.85. The van der Waals surface area contributed by atoms with Crippen molar-refractivity contribution in [1.29, 1.82) is 5.26 Å². The van der Waals surface area contributed by atoms with Crippen molar-refractivity contribution in [1.82, 2.24) is 4.90 Å². The van der Waals surface area contributed by atoms with Crippen LogP contribution in [0.1, 0.15) is 54.7 Å². The van der Waals surface area contributed by atoms with Crippen LogP contribution in [0.5, 0.6) is 5.75 Å². The zero-order valence-corrected chi connectivity index (χ0v) is 18.2. The van der Waals surface area contributed by atoms with Crippen LogP contribution >= 0.6 is 0 Å². The summed E-state index contributed by atoms with van der Waals surface area (Å²) in [6, 6.07) is 9.99. The largest absolute Gasteiger partial charge is 0.489 e. The second kappa shape index (κ2) is 6.89. The minimum atomic E-state index is -4.66. The Balaban J connectivity index is 1.62. The number of halogens is 3. The number of carbonyl (C=O) groups is 1. The first-order valence-electron chi connectivity index (χ1n) is 10.3. The highest BCUT2D eigenvalue weighted by Gasteiger charge is 2.67. The summed E-state index contributed by atoms with van der Waals surface area (Å²) in [7, 11) is 0. The third-order valence-electron chi connectivity index (χ3n) is 6.70. The maximum absolute atomic E-state index is 13.4. The predicted molar refractivity (Wildman–Crippen MR) is 113 cm³/mol. The van der Waals surface area contributed by atoms with Gasteiger partial charge in [-0.1, -0.05) is 27.7 Å². The number of alkyl halides is 3. The van der Waals surface area contributed by atoms with E-state index in [0.717, 1.165) is 17.7 Å². The van der Waals surface area contributed by atoms with Gasteiger partial charge in [0.05, 0.1) is 17.2 Å². The minimum absolute atomic E-state index is 0.0460. The molecule has 0 saturated heterocycles. The van der Waals surface area contributed by atoms with Crippen molar-refractivity contribution < 1.29 is 22.7 Å². The molecule has 1 saturated carbocycles. The topological polar surface area (TPSA) is 79.3 Å². The molecular weight excluding hydrogens is 419 g/mol. The third-order valence-corrected chi connectivity index (χ3v) is 6.70. The van der Waals surface area contributed by atoms with Crippen LogP contribution in [0.4, 0.5) is 18.9 Å². The van der Waals surface area contributed by atoms with Crippen LogP contribution in [-0.2, 0) is 12.7 Å². The number of amides is 1. The summed E-state index contributed by atoms with van der Waals surface area (Å²) in [5.41, 5.74) is 5.43. The van der Waals surface area contributed by atoms with Crippen LogP contribution in [0.2, 0.25) is 0 Å². The van der Waals surface area contributed by atoms with Gasteiger partial charge in [0.15, 0.2) is 0 Å². The quantitative estimate of drug-likeness (QED) is 0.678. The molecule has 0 radical (unpaired) electrons. The molecule has 2 aromatic carbocycles. The molecule has 1 heterocycles. The van der Waals surface area contributed by atoms with E-state index in [1.807, 2.05) is 32.6 Å². The Labute approximate surface area is 184 Å². The maximum atomic E-state index is 13.4. The first-order valence-corrected chi connectivity index (χ1v) is 10.3. The SMILES string of the molecule is CC1(C)C(Oc2ccc(C#N)c(C(F)(F)F)c2)C(C)(C)C1N1Cc2cc(N)ccc2C1=O. The summed E-state index contributed by atoms with van der Waals surface area (Å²) in [4.78, 5) is 14.9. The number of benzene rings is 2. The number of hydrogen-bond acceptors (Lipinski definition) is 4. The van der Waals surface area contributed by atoms with Crippen molar-refractivity contribution in [3.05, 3.63) is 58.7 Å². The smallest absolute Gasteiger partial charge is 0.417 e. The van der Waals surface area contributed by atoms with Gasteiger partial charge in [0, 0.05) is 34.7 Å². The molecular formula is C24H24F3N3O2. The van der Waals surface area contributed by atoms with Crippen LogP contribution < -0.4 is 10.5 Å². The van der Waals surface area contributed by atoms with E-state index in [0.29, 0.717) is 17.8 Å². The molecule has 0 unspecified atom stereocenters. The lowest BCUT2D eigenvalue weighted by Gasteiger charge is -2.65. The zero-order valence-electron chi connectivity index (χ0n) is 18.2. The number of carbonyl (C=O) groups excluding carboxylic acids is 1. The van der Waals surface area contributed by atoms with Crippen molar-refractivity contribution in [3.63, 3.8) is 0 Å². The van der Waals surface area contributed by atoms with Gasteiger partial charge in [-0.2, -0.15) is 18.4 Å². The van der Waals surface area contributed by atoms with Gasteiger partial charge in [0.1, 0.15) is 11.9 Å². The number of nitrogen functional groups attached to an aromatic ring is 1. The van der Waals surface area contributed by atoms with E-state index in [9.17, 15) is 18.0 Å². The Hall–Kier alpha value is -3.21. The number of rotatable bonds is 3. The molecule has 4 rings (SSSR count). The summed E-state index contributed by atoms with van der Waals surface area (Å²) in [5.74, 6) is -0.0351. The predicted octanol–water partition coefficient (Wildman–Crippen LogP) is 5.00. The monoisotopic (exact) mass is 443 g/mol. The number of hydrogen-bond donors (Lipinski definition) is 1. The molecule has 2 aliphatic rings. The molecule has 8 heteroatoms. The van der Waals surface area contributed by atoms with Crippen LogP contribution in [-0.4, -0.2) is 23.0 Å². The number of fused-ring (bicyclic) bond motifs is 1. The molecule has 168 valence electrons. The normalized spacial score (nSPS) is 23.3. The number of anilines is 1.